The molecule has 170 valence electrons. The van der Waals surface area contributed by atoms with Crippen molar-refractivity contribution in [2.45, 2.75) is 40.2 Å². The number of hydrogen-bond donors (Lipinski definition) is 3. The number of carboxylic acid groups (broad SMARTS) is 3. The number of carboxylic acids is 3. The maximum Gasteiger partial charge on any atom is 0.333 e. The molecule has 0 saturated carbocycles. The first-order valence-electron chi connectivity index (χ1n) is 10.2. The van der Waals surface area contributed by atoms with Crippen molar-refractivity contribution in [1.29, 1.82) is 0 Å². The monoisotopic (exact) mass is 439 g/mol. The smallest absolute Gasteiger partial charge is 0.333 e. The lowest BCUT2D eigenvalue weighted by atomic mass is 9.54. The number of carbonyl (C=O) groups is 3. The lowest BCUT2D eigenvalue weighted by Crippen LogP contribution is -2.66. The quantitative estimate of drug-likeness (QED) is 0.530. The van der Waals surface area contributed by atoms with E-state index in [0.29, 0.717) is 11.1 Å². The molecule has 0 heterocycles. The molecule has 0 aliphatic rings. The molecule has 2 aromatic rings. The molecule has 0 amide bonds. The van der Waals surface area contributed by atoms with E-state index < -0.39 is 40.2 Å². The van der Waals surface area contributed by atoms with Crippen LogP contribution in [0.4, 0.5) is 0 Å². The van der Waals surface area contributed by atoms with Gasteiger partial charge in [0.05, 0.1) is 11.6 Å². The molecule has 0 saturated heterocycles. The molecule has 32 heavy (non-hydrogen) atoms. The maximum absolute atomic E-state index is 13.0. The number of aliphatic imine (C=N–C) groups is 1. The second-order valence-corrected chi connectivity index (χ2v) is 9.03. The van der Waals surface area contributed by atoms with Crippen LogP contribution in [-0.4, -0.2) is 44.5 Å². The van der Waals surface area contributed by atoms with Crippen LogP contribution >= 0.6 is 0 Å². The van der Waals surface area contributed by atoms with Crippen LogP contribution in [-0.2, 0) is 14.4 Å². The zero-order valence-electron chi connectivity index (χ0n) is 18.9. The van der Waals surface area contributed by atoms with E-state index >= 15 is 0 Å². The normalized spacial score (nSPS) is 16.2. The Morgan fingerprint density at radius 1 is 0.750 bits per heavy atom. The molecule has 0 fully saturated rings. The number of rotatable bonds is 8. The highest BCUT2D eigenvalue weighted by molar-refractivity contribution is 6.14. The summed E-state index contributed by atoms with van der Waals surface area (Å²) in [4.78, 5) is 42.3. The Bertz CT molecular complexity index is 984. The topological polar surface area (TPSA) is 124 Å². The molecular weight excluding hydrogens is 410 g/mol. The third-order valence-electron chi connectivity index (χ3n) is 6.20. The molecule has 2 rings (SSSR count). The lowest BCUT2D eigenvalue weighted by molar-refractivity contribution is -0.180. The third-order valence-corrected chi connectivity index (χ3v) is 6.20. The Balaban J connectivity index is 3.09. The predicted molar refractivity (Wildman–Crippen MR) is 121 cm³/mol. The molecule has 3 N–H and O–H groups in total. The molecule has 7 nitrogen and oxygen atoms in total. The number of nitrogens with zero attached hydrogens (tertiary/aromatic N) is 1. The summed E-state index contributed by atoms with van der Waals surface area (Å²) in [6, 6.07) is 17.7. The number of hydrogen-bond acceptors (Lipinski definition) is 4. The van der Waals surface area contributed by atoms with Gasteiger partial charge in [-0.05, 0) is 12.3 Å². The minimum Gasteiger partial charge on any atom is -0.481 e. The fourth-order valence-electron chi connectivity index (χ4n) is 4.21. The summed E-state index contributed by atoms with van der Waals surface area (Å²) in [7, 11) is 0. The third kappa shape index (κ3) is 4.02. The number of aliphatic carboxylic acids is 3. The largest absolute Gasteiger partial charge is 0.481 e. The first kappa shape index (κ1) is 24.8. The van der Waals surface area contributed by atoms with Crippen molar-refractivity contribution < 1.29 is 29.7 Å². The molecule has 0 radical (unpaired) electrons. The van der Waals surface area contributed by atoms with Crippen LogP contribution in [0, 0.1) is 16.7 Å². The summed E-state index contributed by atoms with van der Waals surface area (Å²) in [5, 5.41) is 30.6. The highest BCUT2D eigenvalue weighted by Crippen LogP contribution is 2.52. The molecule has 0 bridgehead atoms. The van der Waals surface area contributed by atoms with E-state index in [-0.39, 0.29) is 5.71 Å². The molecule has 7 heteroatoms. The Morgan fingerprint density at radius 2 is 1.16 bits per heavy atom. The minimum absolute atomic E-state index is 0.272. The molecular formula is C25H29NO6. The lowest BCUT2D eigenvalue weighted by Gasteiger charge is -2.49. The van der Waals surface area contributed by atoms with Crippen molar-refractivity contribution in [3.05, 3.63) is 71.8 Å². The Labute approximate surface area is 187 Å². The molecule has 1 unspecified atom stereocenters. The van der Waals surface area contributed by atoms with Gasteiger partial charge in [-0.3, -0.25) is 14.6 Å². The Kier molecular flexibility index (Phi) is 6.93. The summed E-state index contributed by atoms with van der Waals surface area (Å²) in [6.45, 7) is 7.06. The van der Waals surface area contributed by atoms with Crippen LogP contribution in [0.15, 0.2) is 65.7 Å². The van der Waals surface area contributed by atoms with Gasteiger partial charge in [0.25, 0.3) is 0 Å². The summed E-state index contributed by atoms with van der Waals surface area (Å²) >= 11 is 0. The molecule has 0 aliphatic carbocycles. The second-order valence-electron chi connectivity index (χ2n) is 9.03. The highest BCUT2D eigenvalue weighted by atomic mass is 16.4. The Morgan fingerprint density at radius 3 is 1.44 bits per heavy atom. The maximum atomic E-state index is 13.0. The summed E-state index contributed by atoms with van der Waals surface area (Å²) in [5.41, 5.74) is -4.44. The van der Waals surface area contributed by atoms with Crippen LogP contribution in [0.1, 0.15) is 45.7 Å². The molecule has 0 spiro atoms. The van der Waals surface area contributed by atoms with Crippen LogP contribution in [0.25, 0.3) is 0 Å². The van der Waals surface area contributed by atoms with Gasteiger partial charge in [-0.25, -0.2) is 4.79 Å². The first-order chi connectivity index (χ1) is 14.8. The van der Waals surface area contributed by atoms with E-state index in [2.05, 4.69) is 4.99 Å². The van der Waals surface area contributed by atoms with Crippen molar-refractivity contribution in [2.75, 3.05) is 0 Å². The van der Waals surface area contributed by atoms with Crippen molar-refractivity contribution >= 4 is 23.6 Å². The van der Waals surface area contributed by atoms with Crippen LogP contribution in [0.2, 0.25) is 0 Å². The van der Waals surface area contributed by atoms with E-state index in [1.165, 1.54) is 6.92 Å². The minimum atomic E-state index is -2.33. The van der Waals surface area contributed by atoms with Gasteiger partial charge in [-0.15, -0.1) is 0 Å². The van der Waals surface area contributed by atoms with Crippen molar-refractivity contribution in [1.82, 2.24) is 0 Å². The van der Waals surface area contributed by atoms with E-state index in [1.54, 1.807) is 81.4 Å². The van der Waals surface area contributed by atoms with Crippen molar-refractivity contribution in [3.63, 3.8) is 0 Å². The standard InChI is InChI=1S/C25H29NO6/c1-16(20(27)28)24(5,21(29)30)25(22(31)32,23(2,3)4)26-19(17-12-8-6-9-13-17)18-14-10-7-11-15-18/h6-16H,1-5H3,(H,27,28)(H,29,30)(H,31,32)/t16?,24-,25+/m1/s1. The van der Waals surface area contributed by atoms with Gasteiger partial charge >= 0.3 is 17.9 Å². The SMILES string of the molecule is CC(C(=O)O)[C@](C)(C(=O)O)[C@](N=C(c1ccccc1)c1ccccc1)(C(=O)O)C(C)(C)C. The van der Waals surface area contributed by atoms with Gasteiger partial charge < -0.3 is 15.3 Å². The van der Waals surface area contributed by atoms with Crippen LogP contribution in [0.3, 0.4) is 0 Å². The molecule has 2 aromatic carbocycles. The zero-order chi connectivity index (χ0) is 24.3. The summed E-state index contributed by atoms with van der Waals surface area (Å²) < 4.78 is 0. The van der Waals surface area contributed by atoms with E-state index in [1.807, 2.05) is 0 Å². The van der Waals surface area contributed by atoms with Gasteiger partial charge in [0.15, 0.2) is 5.54 Å². The van der Waals surface area contributed by atoms with E-state index in [0.717, 1.165) is 6.92 Å². The fourth-order valence-corrected chi connectivity index (χ4v) is 4.21. The van der Waals surface area contributed by atoms with Gasteiger partial charge in [0.2, 0.25) is 0 Å². The van der Waals surface area contributed by atoms with E-state index in [9.17, 15) is 29.7 Å². The van der Waals surface area contributed by atoms with Crippen molar-refractivity contribution in [2.24, 2.45) is 21.7 Å². The molecule has 0 aromatic heterocycles. The average Bonchev–Trinajstić information content (AvgIpc) is 2.73. The van der Waals surface area contributed by atoms with Crippen LogP contribution < -0.4 is 0 Å². The molecule has 0 aliphatic heterocycles. The summed E-state index contributed by atoms with van der Waals surface area (Å²) in [5.74, 6) is -6.02. The number of benzene rings is 2. The van der Waals surface area contributed by atoms with E-state index in [4.69, 9.17) is 0 Å². The fraction of sp³-hybridized carbons (Fsp3) is 0.360. The zero-order valence-corrected chi connectivity index (χ0v) is 18.9. The second kappa shape index (κ2) is 8.94. The van der Waals surface area contributed by atoms with Crippen LogP contribution in [0.5, 0.6) is 0 Å². The summed E-state index contributed by atoms with van der Waals surface area (Å²) in [6.07, 6.45) is 0. The highest BCUT2D eigenvalue weighted by Gasteiger charge is 2.68. The average molecular weight is 440 g/mol. The van der Waals surface area contributed by atoms with Gasteiger partial charge in [0, 0.05) is 11.1 Å². The predicted octanol–water partition coefficient (Wildman–Crippen LogP) is 4.21. The Hall–Kier alpha value is -3.48. The van der Waals surface area contributed by atoms with Gasteiger partial charge in [-0.2, -0.15) is 0 Å². The van der Waals surface area contributed by atoms with Crippen molar-refractivity contribution in [3.8, 4) is 0 Å². The first-order valence-corrected chi connectivity index (χ1v) is 10.2. The van der Waals surface area contributed by atoms with Gasteiger partial charge in [0.1, 0.15) is 5.41 Å². The molecule has 3 atom stereocenters. The van der Waals surface area contributed by atoms with Gasteiger partial charge in [-0.1, -0.05) is 88.4 Å².